The van der Waals surface area contributed by atoms with E-state index in [1.807, 2.05) is 0 Å². The Morgan fingerprint density at radius 1 is 1.32 bits per heavy atom. The van der Waals surface area contributed by atoms with Crippen LogP contribution in [0.15, 0.2) is 29.2 Å². The van der Waals surface area contributed by atoms with Crippen molar-refractivity contribution < 1.29 is 13.2 Å². The zero-order valence-electron chi connectivity index (χ0n) is 10.6. The maximum Gasteiger partial charge on any atom is 0.251 e. The summed E-state index contributed by atoms with van der Waals surface area (Å²) >= 11 is 11.5. The molecule has 1 amide bonds. The summed E-state index contributed by atoms with van der Waals surface area (Å²) in [5, 5.41) is 2.69. The number of carbonyl (C=O) groups is 1. The zero-order chi connectivity index (χ0) is 14.7. The molecule has 4 nitrogen and oxygen atoms in total. The molecule has 0 saturated carbocycles. The van der Waals surface area contributed by atoms with Gasteiger partial charge in [0.1, 0.15) is 0 Å². The van der Waals surface area contributed by atoms with Crippen molar-refractivity contribution in [2.75, 3.05) is 18.0 Å². The van der Waals surface area contributed by atoms with Gasteiger partial charge in [0, 0.05) is 23.6 Å². The van der Waals surface area contributed by atoms with Crippen molar-refractivity contribution in [2.45, 2.75) is 17.4 Å². The Morgan fingerprint density at radius 2 is 1.89 bits per heavy atom. The Kier molecular flexibility index (Phi) is 5.24. The molecule has 1 rings (SSSR count). The molecule has 106 valence electrons. The highest BCUT2D eigenvalue weighted by Gasteiger charge is 2.25. The second kappa shape index (κ2) is 6.11. The highest BCUT2D eigenvalue weighted by Crippen LogP contribution is 2.14. The minimum absolute atomic E-state index is 0.0959. The van der Waals surface area contributed by atoms with E-state index in [1.165, 1.54) is 24.3 Å². The van der Waals surface area contributed by atoms with Gasteiger partial charge < -0.3 is 5.32 Å². The number of sulfone groups is 1. The van der Waals surface area contributed by atoms with Gasteiger partial charge in [0.05, 0.1) is 10.4 Å². The standard InChI is InChI=1S/C12H15Cl2NO3S/c1-12(7-13,8-14)15-11(16)9-4-3-5-10(6-9)19(2,17)18/h3-6H,7-8H2,1-2H3,(H,15,16). The van der Waals surface area contributed by atoms with E-state index in [2.05, 4.69) is 5.32 Å². The van der Waals surface area contributed by atoms with Gasteiger partial charge >= 0.3 is 0 Å². The van der Waals surface area contributed by atoms with Gasteiger partial charge in [-0.1, -0.05) is 6.07 Å². The van der Waals surface area contributed by atoms with Crippen molar-refractivity contribution in [1.29, 1.82) is 0 Å². The molecule has 1 aromatic carbocycles. The van der Waals surface area contributed by atoms with Crippen molar-refractivity contribution in [3.05, 3.63) is 29.8 Å². The smallest absolute Gasteiger partial charge is 0.251 e. The van der Waals surface area contributed by atoms with Gasteiger partial charge in [-0.15, -0.1) is 23.2 Å². The first-order chi connectivity index (χ1) is 8.72. The maximum absolute atomic E-state index is 12.0. The number of amides is 1. The number of hydrogen-bond donors (Lipinski definition) is 1. The van der Waals surface area contributed by atoms with Gasteiger partial charge in [0.25, 0.3) is 5.91 Å². The number of hydrogen-bond acceptors (Lipinski definition) is 3. The van der Waals surface area contributed by atoms with E-state index >= 15 is 0 Å². The minimum atomic E-state index is -3.35. The summed E-state index contributed by atoms with van der Waals surface area (Å²) in [5.41, 5.74) is -0.481. The molecule has 0 atom stereocenters. The fourth-order valence-corrected chi connectivity index (χ4v) is 2.40. The van der Waals surface area contributed by atoms with Crippen LogP contribution >= 0.6 is 23.2 Å². The number of carbonyl (C=O) groups excluding carboxylic acids is 1. The molecule has 19 heavy (non-hydrogen) atoms. The monoisotopic (exact) mass is 323 g/mol. The van der Waals surface area contributed by atoms with Crippen LogP contribution in [0.2, 0.25) is 0 Å². The number of rotatable bonds is 5. The molecule has 0 aliphatic heterocycles. The summed E-state index contributed by atoms with van der Waals surface area (Å²) in [7, 11) is -3.35. The molecule has 0 radical (unpaired) electrons. The highest BCUT2D eigenvalue weighted by molar-refractivity contribution is 7.90. The predicted molar refractivity (Wildman–Crippen MR) is 76.9 cm³/mol. The first-order valence-corrected chi connectivity index (χ1v) is 8.42. The van der Waals surface area contributed by atoms with Crippen LogP contribution < -0.4 is 5.32 Å². The summed E-state index contributed by atoms with van der Waals surface area (Å²) in [6.45, 7) is 1.71. The summed E-state index contributed by atoms with van der Waals surface area (Å²) in [5.74, 6) is -0.0866. The molecule has 1 N–H and O–H groups in total. The number of alkyl halides is 2. The summed E-state index contributed by atoms with van der Waals surface area (Å²) in [4.78, 5) is 12.1. The van der Waals surface area contributed by atoms with Crippen LogP contribution in [-0.2, 0) is 9.84 Å². The average Bonchev–Trinajstić information content (AvgIpc) is 2.37. The molecule has 0 aromatic heterocycles. The van der Waals surface area contributed by atoms with Crippen LogP contribution in [0.5, 0.6) is 0 Å². The van der Waals surface area contributed by atoms with E-state index < -0.39 is 21.3 Å². The van der Waals surface area contributed by atoms with Gasteiger partial charge in [-0.05, 0) is 25.1 Å². The van der Waals surface area contributed by atoms with Crippen LogP contribution in [0, 0.1) is 0 Å². The Bertz CT molecular complexity index is 568. The number of benzene rings is 1. The molecule has 0 aliphatic carbocycles. The Hall–Kier alpha value is -0.780. The molecule has 0 bridgehead atoms. The van der Waals surface area contributed by atoms with Crippen LogP contribution in [0.3, 0.4) is 0 Å². The Morgan fingerprint density at radius 3 is 2.37 bits per heavy atom. The molecule has 0 unspecified atom stereocenters. The van der Waals surface area contributed by atoms with Gasteiger partial charge in [-0.2, -0.15) is 0 Å². The van der Waals surface area contributed by atoms with Gasteiger partial charge in [-0.3, -0.25) is 4.79 Å². The minimum Gasteiger partial charge on any atom is -0.344 e. The summed E-state index contributed by atoms with van der Waals surface area (Å²) in [6.07, 6.45) is 1.09. The summed E-state index contributed by atoms with van der Waals surface area (Å²) in [6, 6.07) is 5.82. The lowest BCUT2D eigenvalue weighted by Gasteiger charge is -2.25. The SMILES string of the molecule is CC(CCl)(CCl)NC(=O)c1cccc(S(C)(=O)=O)c1. The third-order valence-corrected chi connectivity index (χ3v) is 4.82. The largest absolute Gasteiger partial charge is 0.344 e. The molecule has 0 saturated heterocycles. The van der Waals surface area contributed by atoms with Crippen LogP contribution in [0.25, 0.3) is 0 Å². The van der Waals surface area contributed by atoms with Crippen molar-refractivity contribution in [1.82, 2.24) is 5.32 Å². The van der Waals surface area contributed by atoms with E-state index in [9.17, 15) is 13.2 Å². The third-order valence-electron chi connectivity index (χ3n) is 2.53. The second-order valence-electron chi connectivity index (χ2n) is 4.58. The van der Waals surface area contributed by atoms with Crippen molar-refractivity contribution in [3.8, 4) is 0 Å². The van der Waals surface area contributed by atoms with Crippen LogP contribution in [-0.4, -0.2) is 37.9 Å². The van der Waals surface area contributed by atoms with E-state index in [1.54, 1.807) is 6.92 Å². The van der Waals surface area contributed by atoms with Crippen LogP contribution in [0.4, 0.5) is 0 Å². The number of nitrogens with one attached hydrogen (secondary N) is 1. The van der Waals surface area contributed by atoms with E-state index in [4.69, 9.17) is 23.2 Å². The number of halogens is 2. The normalized spacial score (nSPS) is 12.2. The average molecular weight is 324 g/mol. The second-order valence-corrected chi connectivity index (χ2v) is 7.13. The van der Waals surface area contributed by atoms with Crippen molar-refractivity contribution in [2.24, 2.45) is 0 Å². The maximum atomic E-state index is 12.0. The van der Waals surface area contributed by atoms with Crippen molar-refractivity contribution >= 4 is 38.9 Å². The lowest BCUT2D eigenvalue weighted by Crippen LogP contribution is -2.49. The molecule has 0 heterocycles. The predicted octanol–water partition coefficient (Wildman–Crippen LogP) is 2.06. The molecular formula is C12H15Cl2NO3S. The topological polar surface area (TPSA) is 63.2 Å². The first-order valence-electron chi connectivity index (χ1n) is 5.46. The molecule has 0 fully saturated rings. The summed E-state index contributed by atoms with van der Waals surface area (Å²) < 4.78 is 22.9. The van der Waals surface area contributed by atoms with Gasteiger partial charge in [0.2, 0.25) is 0 Å². The molecule has 0 aliphatic rings. The Labute approximate surface area is 123 Å². The molecule has 7 heteroatoms. The fourth-order valence-electron chi connectivity index (χ4n) is 1.32. The molecular weight excluding hydrogens is 309 g/mol. The quantitative estimate of drug-likeness (QED) is 0.843. The van der Waals surface area contributed by atoms with E-state index in [0.29, 0.717) is 0 Å². The fraction of sp³-hybridized carbons (Fsp3) is 0.417. The molecule has 1 aromatic rings. The molecule has 0 spiro atoms. The van der Waals surface area contributed by atoms with Gasteiger partial charge in [0.15, 0.2) is 9.84 Å². The van der Waals surface area contributed by atoms with E-state index in [0.717, 1.165) is 6.26 Å². The van der Waals surface area contributed by atoms with E-state index in [-0.39, 0.29) is 22.2 Å². The lowest BCUT2D eigenvalue weighted by atomic mass is 10.1. The first kappa shape index (κ1) is 16.3. The third kappa shape index (κ3) is 4.37. The van der Waals surface area contributed by atoms with Crippen molar-refractivity contribution in [3.63, 3.8) is 0 Å². The highest BCUT2D eigenvalue weighted by atomic mass is 35.5. The lowest BCUT2D eigenvalue weighted by molar-refractivity contribution is 0.0921. The van der Waals surface area contributed by atoms with Crippen LogP contribution in [0.1, 0.15) is 17.3 Å². The zero-order valence-corrected chi connectivity index (χ0v) is 12.9. The Balaban J connectivity index is 3.02. The van der Waals surface area contributed by atoms with Gasteiger partial charge in [-0.25, -0.2) is 8.42 Å².